The van der Waals surface area contributed by atoms with Crippen molar-refractivity contribution in [2.75, 3.05) is 13.6 Å². The van der Waals surface area contributed by atoms with Crippen molar-refractivity contribution in [1.29, 1.82) is 0 Å². The van der Waals surface area contributed by atoms with Crippen molar-refractivity contribution in [3.05, 3.63) is 77.7 Å². The van der Waals surface area contributed by atoms with Crippen molar-refractivity contribution in [3.8, 4) is 0 Å². The zero-order valence-electron chi connectivity index (χ0n) is 20.4. The highest BCUT2D eigenvalue weighted by Crippen LogP contribution is 2.26. The SMILES string of the molecule is Cc1ncc(C2C=C(N(C)C=O)N(CCC(C)NC(=O)c3ncn(Cc4ccccc4)n3)N2)n1C. The molecule has 2 aromatic heterocycles. The van der Waals surface area contributed by atoms with E-state index >= 15 is 0 Å². The van der Waals surface area contributed by atoms with Gasteiger partial charge in [0, 0.05) is 26.7 Å². The number of carbonyl (C=O) groups is 2. The molecule has 1 aliphatic heterocycles. The van der Waals surface area contributed by atoms with E-state index in [0.29, 0.717) is 19.5 Å². The van der Waals surface area contributed by atoms with Gasteiger partial charge in [-0.25, -0.2) is 20.1 Å². The first-order valence-electron chi connectivity index (χ1n) is 11.5. The maximum absolute atomic E-state index is 12.7. The Balaban J connectivity index is 1.33. The van der Waals surface area contributed by atoms with Crippen molar-refractivity contribution in [2.45, 2.75) is 38.9 Å². The summed E-state index contributed by atoms with van der Waals surface area (Å²) >= 11 is 0. The number of hydrogen-bond donors (Lipinski definition) is 2. The Morgan fingerprint density at radius 2 is 2.06 bits per heavy atom. The number of aromatic nitrogens is 5. The minimum absolute atomic E-state index is 0.110. The highest BCUT2D eigenvalue weighted by molar-refractivity contribution is 5.90. The summed E-state index contributed by atoms with van der Waals surface area (Å²) < 4.78 is 3.67. The molecule has 0 aliphatic carbocycles. The Bertz CT molecular complexity index is 1200. The molecule has 2 unspecified atom stereocenters. The lowest BCUT2D eigenvalue weighted by Gasteiger charge is -2.28. The van der Waals surface area contributed by atoms with E-state index in [-0.39, 0.29) is 23.8 Å². The molecule has 0 bridgehead atoms. The fraction of sp³-hybridized carbons (Fsp3) is 0.375. The Kier molecular flexibility index (Phi) is 7.25. The highest BCUT2D eigenvalue weighted by Gasteiger charge is 2.28. The Labute approximate surface area is 204 Å². The van der Waals surface area contributed by atoms with Crippen LogP contribution in [0.5, 0.6) is 0 Å². The van der Waals surface area contributed by atoms with Gasteiger partial charge in [-0.05, 0) is 31.9 Å². The average Bonchev–Trinajstić information content (AvgIpc) is 3.57. The van der Waals surface area contributed by atoms with Crippen LogP contribution >= 0.6 is 0 Å². The molecule has 2 N–H and O–H groups in total. The van der Waals surface area contributed by atoms with Gasteiger partial charge in [0.2, 0.25) is 12.2 Å². The lowest BCUT2D eigenvalue weighted by molar-refractivity contribution is -0.116. The number of hydrogen-bond acceptors (Lipinski definition) is 7. The third-order valence-electron chi connectivity index (χ3n) is 6.07. The first kappa shape index (κ1) is 24.1. The van der Waals surface area contributed by atoms with Gasteiger partial charge in [0.05, 0.1) is 24.5 Å². The normalized spacial score (nSPS) is 16.2. The Morgan fingerprint density at radius 3 is 2.74 bits per heavy atom. The molecule has 2 amide bonds. The van der Waals surface area contributed by atoms with Crippen LogP contribution in [-0.2, 0) is 18.4 Å². The largest absolute Gasteiger partial charge is 0.347 e. The molecule has 0 radical (unpaired) electrons. The van der Waals surface area contributed by atoms with Crippen LogP contribution in [0.4, 0.5) is 0 Å². The van der Waals surface area contributed by atoms with Gasteiger partial charge in [0.25, 0.3) is 5.91 Å². The average molecular weight is 478 g/mol. The maximum atomic E-state index is 12.7. The molecule has 0 fully saturated rings. The van der Waals surface area contributed by atoms with Gasteiger partial charge in [-0.1, -0.05) is 30.3 Å². The van der Waals surface area contributed by atoms with Crippen LogP contribution in [-0.4, -0.2) is 66.2 Å². The molecular weight excluding hydrogens is 446 g/mol. The van der Waals surface area contributed by atoms with Crippen LogP contribution < -0.4 is 10.7 Å². The van der Waals surface area contributed by atoms with Crippen LogP contribution in [0.1, 0.15) is 47.1 Å². The van der Waals surface area contributed by atoms with Gasteiger partial charge in [-0.15, -0.1) is 5.10 Å². The smallest absolute Gasteiger partial charge is 0.291 e. The molecule has 0 saturated carbocycles. The quantitative estimate of drug-likeness (QED) is 0.424. The Hall–Kier alpha value is -3.99. The van der Waals surface area contributed by atoms with Crippen molar-refractivity contribution >= 4 is 12.3 Å². The molecule has 11 nitrogen and oxygen atoms in total. The molecule has 2 atom stereocenters. The number of rotatable bonds is 10. The second-order valence-electron chi connectivity index (χ2n) is 8.70. The molecule has 1 aliphatic rings. The molecule has 0 spiro atoms. The summed E-state index contributed by atoms with van der Waals surface area (Å²) in [6, 6.07) is 9.64. The van der Waals surface area contributed by atoms with E-state index in [2.05, 4.69) is 25.8 Å². The summed E-state index contributed by atoms with van der Waals surface area (Å²) in [4.78, 5) is 34.2. The number of carbonyl (C=O) groups excluding carboxylic acids is 2. The molecule has 35 heavy (non-hydrogen) atoms. The fourth-order valence-corrected chi connectivity index (χ4v) is 3.94. The van der Waals surface area contributed by atoms with Gasteiger partial charge in [-0.2, -0.15) is 0 Å². The zero-order chi connectivity index (χ0) is 24.9. The van der Waals surface area contributed by atoms with E-state index in [1.54, 1.807) is 18.1 Å². The summed E-state index contributed by atoms with van der Waals surface area (Å²) in [5.41, 5.74) is 5.52. The van der Waals surface area contributed by atoms with Crippen molar-refractivity contribution in [3.63, 3.8) is 0 Å². The summed E-state index contributed by atoms with van der Waals surface area (Å²) in [5.74, 6) is 1.49. The first-order chi connectivity index (χ1) is 16.9. The van der Waals surface area contributed by atoms with Crippen molar-refractivity contribution in [2.24, 2.45) is 7.05 Å². The molecule has 0 saturated heterocycles. The van der Waals surface area contributed by atoms with E-state index in [0.717, 1.165) is 29.3 Å². The first-order valence-corrected chi connectivity index (χ1v) is 11.5. The molecule has 3 aromatic rings. The lowest BCUT2D eigenvalue weighted by atomic mass is 10.2. The van der Waals surface area contributed by atoms with Crippen molar-refractivity contribution < 1.29 is 9.59 Å². The number of hydrazine groups is 1. The molecule has 4 rings (SSSR count). The highest BCUT2D eigenvalue weighted by atomic mass is 16.2. The third-order valence-corrected chi connectivity index (χ3v) is 6.07. The van der Waals surface area contributed by atoms with Crippen LogP contribution in [0.25, 0.3) is 0 Å². The predicted molar refractivity (Wildman–Crippen MR) is 130 cm³/mol. The molecule has 1 aromatic carbocycles. The van der Waals surface area contributed by atoms with E-state index in [4.69, 9.17) is 0 Å². The summed E-state index contributed by atoms with van der Waals surface area (Å²) in [6.45, 7) is 5.01. The minimum Gasteiger partial charge on any atom is -0.347 e. The molecule has 11 heteroatoms. The molecule has 3 heterocycles. The van der Waals surface area contributed by atoms with Crippen LogP contribution in [0, 0.1) is 6.92 Å². The zero-order valence-corrected chi connectivity index (χ0v) is 20.4. The third kappa shape index (κ3) is 5.57. The van der Waals surface area contributed by atoms with Crippen LogP contribution in [0.3, 0.4) is 0 Å². The number of amides is 2. The van der Waals surface area contributed by atoms with E-state index in [9.17, 15) is 9.59 Å². The maximum Gasteiger partial charge on any atom is 0.291 e. The molecular formula is C24H31N9O2. The lowest BCUT2D eigenvalue weighted by Crippen LogP contribution is -2.42. The topological polar surface area (TPSA) is 113 Å². The predicted octanol–water partition coefficient (Wildman–Crippen LogP) is 1.37. The number of aryl methyl sites for hydroxylation is 1. The van der Waals surface area contributed by atoms with Gasteiger partial charge in [0.1, 0.15) is 18.0 Å². The standard InChI is InChI=1S/C24H31N9O2/c1-17(27-24(35)23-26-15-32(29-23)14-19-8-6-5-7-9-19)10-11-33-22(30(3)16-34)12-20(28-33)21-13-25-18(2)31(21)4/h5-9,12-13,15-17,20,28H,10-11,14H2,1-4H3,(H,27,35). The summed E-state index contributed by atoms with van der Waals surface area (Å²) in [7, 11) is 3.68. The number of nitrogens with one attached hydrogen (secondary N) is 2. The second kappa shape index (κ2) is 10.5. The van der Waals surface area contributed by atoms with Crippen molar-refractivity contribution in [1.82, 2.24) is 45.0 Å². The minimum atomic E-state index is -0.317. The summed E-state index contributed by atoms with van der Waals surface area (Å²) in [6.07, 6.45) is 6.81. The number of nitrogens with zero attached hydrogens (tertiary/aromatic N) is 7. The summed E-state index contributed by atoms with van der Waals surface area (Å²) in [5, 5.41) is 9.19. The van der Waals surface area contributed by atoms with E-state index < -0.39 is 0 Å². The fourth-order valence-electron chi connectivity index (χ4n) is 3.94. The number of imidazole rings is 1. The van der Waals surface area contributed by atoms with E-state index in [1.807, 2.05) is 73.1 Å². The Morgan fingerprint density at radius 1 is 1.29 bits per heavy atom. The van der Waals surface area contributed by atoms with Gasteiger partial charge < -0.3 is 14.8 Å². The second-order valence-corrected chi connectivity index (χ2v) is 8.70. The van der Waals surface area contributed by atoms with Crippen LogP contribution in [0.2, 0.25) is 0 Å². The monoisotopic (exact) mass is 477 g/mol. The van der Waals surface area contributed by atoms with Gasteiger partial charge in [-0.3, -0.25) is 14.6 Å². The van der Waals surface area contributed by atoms with Crippen LogP contribution in [0.15, 0.2) is 54.8 Å². The van der Waals surface area contributed by atoms with E-state index in [1.165, 1.54) is 4.90 Å². The number of benzene rings is 1. The molecule has 184 valence electrons. The van der Waals surface area contributed by atoms with Gasteiger partial charge >= 0.3 is 0 Å². The van der Waals surface area contributed by atoms with Gasteiger partial charge in [0.15, 0.2) is 0 Å².